The fourth-order valence-corrected chi connectivity index (χ4v) is 2.39. The molecule has 2 amide bonds. The molecule has 2 aromatic rings. The molecule has 0 saturated carbocycles. The number of nitrogens with zero attached hydrogens (tertiary/aromatic N) is 2. The molecule has 6 heteroatoms. The van der Waals surface area contributed by atoms with E-state index in [-0.39, 0.29) is 24.1 Å². The maximum absolute atomic E-state index is 12.1. The Balaban J connectivity index is 1.83. The molecule has 0 unspecified atom stereocenters. The molecule has 134 valence electrons. The van der Waals surface area contributed by atoms with E-state index in [1.165, 1.54) is 16.7 Å². The summed E-state index contributed by atoms with van der Waals surface area (Å²) in [7, 11) is 3.64. The van der Waals surface area contributed by atoms with Gasteiger partial charge in [0.2, 0.25) is 5.91 Å². The zero-order valence-electron chi connectivity index (χ0n) is 15.0. The Hall–Kier alpha value is -2.60. The summed E-state index contributed by atoms with van der Waals surface area (Å²) in [6.07, 6.45) is 1.43. The lowest BCUT2D eigenvalue weighted by atomic mass is 10.1. The van der Waals surface area contributed by atoms with Crippen LogP contribution in [0.15, 0.2) is 47.1 Å². The second-order valence-electron chi connectivity index (χ2n) is 6.07. The summed E-state index contributed by atoms with van der Waals surface area (Å²) in [6.45, 7) is 4.39. The van der Waals surface area contributed by atoms with Crippen molar-refractivity contribution in [1.82, 2.24) is 15.1 Å². The second kappa shape index (κ2) is 9.03. The van der Waals surface area contributed by atoms with Crippen LogP contribution in [0, 0.1) is 0 Å². The molecule has 0 atom stereocenters. The summed E-state index contributed by atoms with van der Waals surface area (Å²) in [5, 5.41) is 2.85. The minimum atomic E-state index is -0.315. The third-order valence-electron chi connectivity index (χ3n) is 3.93. The van der Waals surface area contributed by atoms with E-state index in [1.807, 2.05) is 12.1 Å². The van der Waals surface area contributed by atoms with Gasteiger partial charge >= 0.3 is 0 Å². The van der Waals surface area contributed by atoms with E-state index < -0.39 is 0 Å². The number of carbonyl (C=O) groups is 2. The smallest absolute Gasteiger partial charge is 0.289 e. The maximum Gasteiger partial charge on any atom is 0.289 e. The Bertz CT molecular complexity index is 698. The Morgan fingerprint density at radius 1 is 1.12 bits per heavy atom. The topological polar surface area (TPSA) is 65.8 Å². The first-order valence-corrected chi connectivity index (χ1v) is 8.31. The summed E-state index contributed by atoms with van der Waals surface area (Å²) in [4.78, 5) is 27.7. The van der Waals surface area contributed by atoms with Gasteiger partial charge in [-0.2, -0.15) is 0 Å². The average molecular weight is 343 g/mol. The number of carbonyl (C=O) groups excluding carboxylic acids is 2. The fourth-order valence-electron chi connectivity index (χ4n) is 2.39. The van der Waals surface area contributed by atoms with Crippen molar-refractivity contribution in [2.45, 2.75) is 20.0 Å². The highest BCUT2D eigenvalue weighted by atomic mass is 16.3. The molecule has 0 bridgehead atoms. The first kappa shape index (κ1) is 18.7. The van der Waals surface area contributed by atoms with Gasteiger partial charge in [-0.1, -0.05) is 31.2 Å². The largest absolute Gasteiger partial charge is 0.459 e. The predicted molar refractivity (Wildman–Crippen MR) is 96.0 cm³/mol. The van der Waals surface area contributed by atoms with Crippen LogP contribution >= 0.6 is 0 Å². The molecule has 0 radical (unpaired) electrons. The molecule has 1 N–H and O–H groups in total. The van der Waals surface area contributed by atoms with Crippen LogP contribution in [0.25, 0.3) is 0 Å². The number of nitrogens with one attached hydrogen (secondary N) is 1. The minimum Gasteiger partial charge on any atom is -0.459 e. The van der Waals surface area contributed by atoms with Gasteiger partial charge in [-0.05, 0) is 36.9 Å². The quantitative estimate of drug-likeness (QED) is 0.797. The van der Waals surface area contributed by atoms with Crippen LogP contribution < -0.4 is 5.32 Å². The molecule has 6 nitrogen and oxygen atoms in total. The number of amides is 2. The number of hydrogen-bond donors (Lipinski definition) is 1. The summed E-state index contributed by atoms with van der Waals surface area (Å²) in [5.41, 5.74) is 2.25. The van der Waals surface area contributed by atoms with Crippen molar-refractivity contribution < 1.29 is 14.0 Å². The molecule has 2 rings (SSSR count). The van der Waals surface area contributed by atoms with Crippen LogP contribution in [0.2, 0.25) is 0 Å². The number of likely N-dealkylation sites (N-methyl/N-ethyl adjacent to an activating group) is 1. The molecule has 0 aliphatic carbocycles. The summed E-state index contributed by atoms with van der Waals surface area (Å²) in [6, 6.07) is 11.4. The molecule has 0 aliphatic heterocycles. The number of furan rings is 1. The van der Waals surface area contributed by atoms with E-state index in [2.05, 4.69) is 36.3 Å². The molecular weight excluding hydrogens is 318 g/mol. The van der Waals surface area contributed by atoms with Gasteiger partial charge in [-0.25, -0.2) is 0 Å². The lowest BCUT2D eigenvalue weighted by Crippen LogP contribution is -2.38. The van der Waals surface area contributed by atoms with Crippen LogP contribution in [0.4, 0.5) is 0 Å². The third kappa shape index (κ3) is 5.76. The van der Waals surface area contributed by atoms with Gasteiger partial charge in [0.15, 0.2) is 5.76 Å². The molecule has 1 heterocycles. The van der Waals surface area contributed by atoms with Crippen molar-refractivity contribution in [3.63, 3.8) is 0 Å². The fraction of sp³-hybridized carbons (Fsp3) is 0.368. The number of benzene rings is 1. The standard InChI is InChI=1S/C19H25N3O3/c1-4-21(2)13-16-8-5-7-15(11-16)12-20-18(23)14-22(3)19(24)17-9-6-10-25-17/h5-11H,4,12-14H2,1-3H3,(H,20,23). The van der Waals surface area contributed by atoms with Gasteiger partial charge in [0, 0.05) is 20.1 Å². The maximum atomic E-state index is 12.1. The van der Waals surface area contributed by atoms with Gasteiger partial charge in [-0.3, -0.25) is 9.59 Å². The van der Waals surface area contributed by atoms with E-state index in [1.54, 1.807) is 19.2 Å². The molecule has 0 saturated heterocycles. The van der Waals surface area contributed by atoms with Crippen molar-refractivity contribution >= 4 is 11.8 Å². The van der Waals surface area contributed by atoms with Gasteiger partial charge in [-0.15, -0.1) is 0 Å². The van der Waals surface area contributed by atoms with E-state index >= 15 is 0 Å². The molecule has 1 aromatic carbocycles. The summed E-state index contributed by atoms with van der Waals surface area (Å²) >= 11 is 0. The normalized spacial score (nSPS) is 10.7. The van der Waals surface area contributed by atoms with Crippen molar-refractivity contribution in [3.05, 3.63) is 59.5 Å². The Morgan fingerprint density at radius 2 is 1.88 bits per heavy atom. The van der Waals surface area contributed by atoms with Crippen molar-refractivity contribution in [2.75, 3.05) is 27.2 Å². The predicted octanol–water partition coefficient (Wildman–Crippen LogP) is 2.12. The third-order valence-corrected chi connectivity index (χ3v) is 3.93. The van der Waals surface area contributed by atoms with Crippen LogP contribution in [0.3, 0.4) is 0 Å². The molecule has 0 aliphatic rings. The second-order valence-corrected chi connectivity index (χ2v) is 6.07. The number of hydrogen-bond acceptors (Lipinski definition) is 4. The Labute approximate surface area is 148 Å². The lowest BCUT2D eigenvalue weighted by Gasteiger charge is -2.16. The van der Waals surface area contributed by atoms with Gasteiger partial charge in [0.05, 0.1) is 12.8 Å². The van der Waals surface area contributed by atoms with Crippen LogP contribution in [0.5, 0.6) is 0 Å². The molecular formula is C19H25N3O3. The molecule has 0 fully saturated rings. The Kier molecular flexibility index (Phi) is 6.77. The van der Waals surface area contributed by atoms with Gasteiger partial charge in [0.1, 0.15) is 0 Å². The van der Waals surface area contributed by atoms with E-state index in [0.717, 1.165) is 18.7 Å². The van der Waals surface area contributed by atoms with Crippen molar-refractivity contribution in [2.24, 2.45) is 0 Å². The molecule has 25 heavy (non-hydrogen) atoms. The first-order chi connectivity index (χ1) is 12.0. The first-order valence-electron chi connectivity index (χ1n) is 8.31. The highest BCUT2D eigenvalue weighted by molar-refractivity contribution is 5.94. The SMILES string of the molecule is CCN(C)Cc1cccc(CNC(=O)CN(C)C(=O)c2ccco2)c1. The van der Waals surface area contributed by atoms with Crippen molar-refractivity contribution in [1.29, 1.82) is 0 Å². The summed E-state index contributed by atoms with van der Waals surface area (Å²) in [5.74, 6) is -0.300. The zero-order chi connectivity index (χ0) is 18.2. The summed E-state index contributed by atoms with van der Waals surface area (Å²) < 4.78 is 5.05. The van der Waals surface area contributed by atoms with Crippen LogP contribution in [-0.2, 0) is 17.9 Å². The monoisotopic (exact) mass is 343 g/mol. The van der Waals surface area contributed by atoms with E-state index in [4.69, 9.17) is 4.42 Å². The number of rotatable bonds is 8. The zero-order valence-corrected chi connectivity index (χ0v) is 15.0. The highest BCUT2D eigenvalue weighted by Gasteiger charge is 2.16. The van der Waals surface area contributed by atoms with Crippen LogP contribution in [0.1, 0.15) is 28.6 Å². The molecule has 1 aromatic heterocycles. The average Bonchev–Trinajstić information content (AvgIpc) is 3.14. The lowest BCUT2D eigenvalue weighted by molar-refractivity contribution is -0.121. The minimum absolute atomic E-state index is 0.0161. The van der Waals surface area contributed by atoms with E-state index in [9.17, 15) is 9.59 Å². The van der Waals surface area contributed by atoms with Crippen LogP contribution in [-0.4, -0.2) is 48.8 Å². The Morgan fingerprint density at radius 3 is 2.56 bits per heavy atom. The highest BCUT2D eigenvalue weighted by Crippen LogP contribution is 2.08. The molecule has 0 spiro atoms. The van der Waals surface area contributed by atoms with E-state index in [0.29, 0.717) is 6.54 Å². The van der Waals surface area contributed by atoms with Gasteiger partial charge < -0.3 is 19.5 Å². The van der Waals surface area contributed by atoms with Gasteiger partial charge in [0.25, 0.3) is 5.91 Å². The van der Waals surface area contributed by atoms with Crippen molar-refractivity contribution in [3.8, 4) is 0 Å².